The van der Waals surface area contributed by atoms with Crippen molar-refractivity contribution in [3.05, 3.63) is 28.7 Å². The normalized spacial score (nSPS) is 19.5. The molecular weight excluding hydrogens is 298 g/mol. The molecule has 1 aromatic carbocycles. The van der Waals surface area contributed by atoms with Gasteiger partial charge in [0.05, 0.1) is 6.10 Å². The summed E-state index contributed by atoms with van der Waals surface area (Å²) in [4.78, 5) is 0. The molecule has 1 N–H and O–H groups in total. The average molecular weight is 316 g/mol. The number of nitrogens with one attached hydrogen (secondary N) is 1. The van der Waals surface area contributed by atoms with Crippen LogP contribution in [0.15, 0.2) is 28.7 Å². The zero-order valence-electron chi connectivity index (χ0n) is 9.82. The molecule has 1 aliphatic rings. The summed E-state index contributed by atoms with van der Waals surface area (Å²) in [7, 11) is 0. The van der Waals surface area contributed by atoms with E-state index in [2.05, 4.69) is 33.4 Å². The molecule has 1 heterocycles. The van der Waals surface area contributed by atoms with Gasteiger partial charge in [0.15, 0.2) is 0 Å². The van der Waals surface area contributed by atoms with Crippen LogP contribution in [0.25, 0.3) is 0 Å². The summed E-state index contributed by atoms with van der Waals surface area (Å²) in [5.41, 5.74) is 1.18. The van der Waals surface area contributed by atoms with Gasteiger partial charge in [-0.15, -0.1) is 0 Å². The number of hydrogen-bond donors (Lipinski definition) is 1. The predicted octanol–water partition coefficient (Wildman–Crippen LogP) is 3.77. The third kappa shape index (κ3) is 4.90. The molecule has 2 rings (SSSR count). The second-order valence-corrected chi connectivity index (χ2v) is 6.21. The van der Waals surface area contributed by atoms with Crippen LogP contribution in [-0.4, -0.2) is 30.8 Å². The van der Waals surface area contributed by atoms with Crippen molar-refractivity contribution < 1.29 is 4.74 Å². The first-order valence-corrected chi connectivity index (χ1v) is 7.98. The van der Waals surface area contributed by atoms with Gasteiger partial charge in [-0.1, -0.05) is 22.0 Å². The van der Waals surface area contributed by atoms with E-state index in [-0.39, 0.29) is 0 Å². The van der Waals surface area contributed by atoms with E-state index in [1.54, 1.807) is 0 Å². The molecule has 0 saturated carbocycles. The van der Waals surface area contributed by atoms with Crippen molar-refractivity contribution in [1.29, 1.82) is 0 Å². The quantitative estimate of drug-likeness (QED) is 0.807. The van der Waals surface area contributed by atoms with E-state index < -0.39 is 0 Å². The van der Waals surface area contributed by atoms with Crippen molar-refractivity contribution in [2.24, 2.45) is 0 Å². The Morgan fingerprint density at radius 2 is 2.41 bits per heavy atom. The number of ether oxygens (including phenoxy) is 1. The highest BCUT2D eigenvalue weighted by atomic mass is 79.9. The van der Waals surface area contributed by atoms with Gasteiger partial charge in [-0.25, -0.2) is 0 Å². The van der Waals surface area contributed by atoms with E-state index >= 15 is 0 Å². The first-order chi connectivity index (χ1) is 8.34. The minimum absolute atomic E-state index is 0.505. The molecule has 0 amide bonds. The molecule has 1 aliphatic heterocycles. The second kappa shape index (κ2) is 7.29. The second-order valence-electron chi connectivity index (χ2n) is 4.15. The van der Waals surface area contributed by atoms with Crippen LogP contribution >= 0.6 is 27.7 Å². The van der Waals surface area contributed by atoms with Crippen molar-refractivity contribution >= 4 is 33.4 Å². The molecule has 1 atom stereocenters. The third-order valence-corrected chi connectivity index (χ3v) is 4.32. The Morgan fingerprint density at radius 1 is 1.47 bits per heavy atom. The molecular formula is C13H18BrNOS. The fourth-order valence-corrected chi connectivity index (χ4v) is 3.19. The smallest absolute Gasteiger partial charge is 0.0666 e. The molecule has 4 heteroatoms. The van der Waals surface area contributed by atoms with Crippen LogP contribution in [0.5, 0.6) is 0 Å². The standard InChI is InChI=1S/C13H18BrNOS/c14-11-3-1-4-12(9-11)15-6-8-17-10-13-5-2-7-16-13/h1,3-4,9,13,15H,2,5-8,10H2. The van der Waals surface area contributed by atoms with Gasteiger partial charge in [0, 0.05) is 34.8 Å². The first-order valence-electron chi connectivity index (χ1n) is 6.03. The lowest BCUT2D eigenvalue weighted by atomic mass is 10.3. The average Bonchev–Trinajstić information content (AvgIpc) is 2.82. The van der Waals surface area contributed by atoms with E-state index in [9.17, 15) is 0 Å². The Balaban J connectivity index is 1.56. The maximum Gasteiger partial charge on any atom is 0.0666 e. The van der Waals surface area contributed by atoms with Gasteiger partial charge in [-0.3, -0.25) is 0 Å². The van der Waals surface area contributed by atoms with Gasteiger partial charge >= 0.3 is 0 Å². The molecule has 94 valence electrons. The fraction of sp³-hybridized carbons (Fsp3) is 0.538. The van der Waals surface area contributed by atoms with Crippen LogP contribution in [0.1, 0.15) is 12.8 Å². The first kappa shape index (κ1) is 13.2. The molecule has 17 heavy (non-hydrogen) atoms. The van der Waals surface area contributed by atoms with Gasteiger partial charge in [-0.2, -0.15) is 11.8 Å². The van der Waals surface area contributed by atoms with Gasteiger partial charge < -0.3 is 10.1 Å². The summed E-state index contributed by atoms with van der Waals surface area (Å²) in [6.07, 6.45) is 2.99. The van der Waals surface area contributed by atoms with E-state index in [0.29, 0.717) is 6.10 Å². The number of rotatable bonds is 6. The topological polar surface area (TPSA) is 21.3 Å². The number of anilines is 1. The molecule has 0 spiro atoms. The maximum absolute atomic E-state index is 5.59. The molecule has 1 unspecified atom stereocenters. The van der Waals surface area contributed by atoms with Crippen LogP contribution < -0.4 is 5.32 Å². The van der Waals surface area contributed by atoms with E-state index in [1.807, 2.05) is 23.9 Å². The predicted molar refractivity (Wildman–Crippen MR) is 78.9 cm³/mol. The Hall–Kier alpha value is -0.190. The number of halogens is 1. The van der Waals surface area contributed by atoms with Crippen molar-refractivity contribution in [3.63, 3.8) is 0 Å². The highest BCUT2D eigenvalue weighted by Crippen LogP contribution is 2.18. The van der Waals surface area contributed by atoms with Gasteiger partial charge in [-0.05, 0) is 31.0 Å². The monoisotopic (exact) mass is 315 g/mol. The lowest BCUT2D eigenvalue weighted by Gasteiger charge is -2.09. The van der Waals surface area contributed by atoms with Crippen LogP contribution in [0.4, 0.5) is 5.69 Å². The highest BCUT2D eigenvalue weighted by molar-refractivity contribution is 9.10. The number of benzene rings is 1. The fourth-order valence-electron chi connectivity index (χ4n) is 1.86. The molecule has 1 aromatic rings. The van der Waals surface area contributed by atoms with Crippen molar-refractivity contribution in [1.82, 2.24) is 0 Å². The van der Waals surface area contributed by atoms with E-state index in [1.165, 1.54) is 18.5 Å². The number of thioether (sulfide) groups is 1. The van der Waals surface area contributed by atoms with Crippen LogP contribution in [0, 0.1) is 0 Å². The largest absolute Gasteiger partial charge is 0.384 e. The third-order valence-electron chi connectivity index (χ3n) is 2.73. The lowest BCUT2D eigenvalue weighted by molar-refractivity contribution is 0.129. The summed E-state index contributed by atoms with van der Waals surface area (Å²) in [6, 6.07) is 8.28. The summed E-state index contributed by atoms with van der Waals surface area (Å²) < 4.78 is 6.71. The summed E-state index contributed by atoms with van der Waals surface area (Å²) in [5.74, 6) is 2.27. The zero-order chi connectivity index (χ0) is 11.9. The van der Waals surface area contributed by atoms with Crippen LogP contribution in [-0.2, 0) is 4.74 Å². The maximum atomic E-state index is 5.59. The Morgan fingerprint density at radius 3 is 3.18 bits per heavy atom. The molecule has 1 saturated heterocycles. The van der Waals surface area contributed by atoms with Crippen LogP contribution in [0.3, 0.4) is 0 Å². The molecule has 2 nitrogen and oxygen atoms in total. The lowest BCUT2D eigenvalue weighted by Crippen LogP contribution is -2.11. The molecule has 0 aliphatic carbocycles. The van der Waals surface area contributed by atoms with E-state index in [0.717, 1.165) is 29.1 Å². The van der Waals surface area contributed by atoms with Crippen molar-refractivity contribution in [3.8, 4) is 0 Å². The SMILES string of the molecule is Brc1cccc(NCCSCC2CCCO2)c1. The van der Waals surface area contributed by atoms with E-state index in [4.69, 9.17) is 4.74 Å². The summed E-state index contributed by atoms with van der Waals surface area (Å²) in [5, 5.41) is 3.42. The number of hydrogen-bond acceptors (Lipinski definition) is 3. The van der Waals surface area contributed by atoms with Crippen molar-refractivity contribution in [2.75, 3.05) is 30.0 Å². The molecule has 0 bridgehead atoms. The van der Waals surface area contributed by atoms with Gasteiger partial charge in [0.1, 0.15) is 0 Å². The molecule has 0 aromatic heterocycles. The minimum atomic E-state index is 0.505. The minimum Gasteiger partial charge on any atom is -0.384 e. The zero-order valence-corrected chi connectivity index (χ0v) is 12.2. The van der Waals surface area contributed by atoms with Gasteiger partial charge in [0.2, 0.25) is 0 Å². The summed E-state index contributed by atoms with van der Waals surface area (Å²) in [6.45, 7) is 1.97. The molecule has 1 fully saturated rings. The van der Waals surface area contributed by atoms with Crippen molar-refractivity contribution in [2.45, 2.75) is 18.9 Å². The molecule has 0 radical (unpaired) electrons. The van der Waals surface area contributed by atoms with Gasteiger partial charge in [0.25, 0.3) is 0 Å². The Bertz CT molecular complexity index is 342. The highest BCUT2D eigenvalue weighted by Gasteiger charge is 2.14. The Labute approximate surface area is 116 Å². The summed E-state index contributed by atoms with van der Waals surface area (Å²) >= 11 is 5.44. The Kier molecular flexibility index (Phi) is 5.68. The van der Waals surface area contributed by atoms with Crippen LogP contribution in [0.2, 0.25) is 0 Å².